The van der Waals surface area contributed by atoms with Crippen molar-refractivity contribution in [2.24, 2.45) is 0 Å². The summed E-state index contributed by atoms with van der Waals surface area (Å²) < 4.78 is 38.9. The normalized spacial score (nSPS) is 11.4. The summed E-state index contributed by atoms with van der Waals surface area (Å²) in [5.74, 6) is -0.875. The van der Waals surface area contributed by atoms with Crippen molar-refractivity contribution in [2.45, 2.75) is 13.0 Å². The number of pyridine rings is 1. The third-order valence-corrected chi connectivity index (χ3v) is 2.79. The molecule has 0 saturated heterocycles. The van der Waals surface area contributed by atoms with E-state index >= 15 is 0 Å². The number of anilines is 1. The van der Waals surface area contributed by atoms with Gasteiger partial charge in [0.05, 0.1) is 18.1 Å². The van der Waals surface area contributed by atoms with E-state index in [4.69, 9.17) is 5.73 Å². The number of hydrogen-bond acceptors (Lipinski definition) is 5. The van der Waals surface area contributed by atoms with Gasteiger partial charge in [0, 0.05) is 0 Å². The SMILES string of the molecule is Nc1nc(-c2cnc3c(cnn3CC(F)F)n2)ccc1F. The van der Waals surface area contributed by atoms with Gasteiger partial charge in [0.1, 0.15) is 17.8 Å². The van der Waals surface area contributed by atoms with Gasteiger partial charge in [-0.05, 0) is 12.1 Å². The Morgan fingerprint density at radius 1 is 1.14 bits per heavy atom. The van der Waals surface area contributed by atoms with E-state index in [1.54, 1.807) is 0 Å². The molecule has 0 amide bonds. The second-order valence-electron chi connectivity index (χ2n) is 4.25. The summed E-state index contributed by atoms with van der Waals surface area (Å²) in [6, 6.07) is 2.58. The van der Waals surface area contributed by atoms with Crippen LogP contribution in [0.1, 0.15) is 0 Å². The standard InChI is InChI=1S/C12H9F3N6/c13-6-1-2-7(20-11(6)16)8-3-17-12-9(19-8)4-18-21(12)5-10(14)15/h1-4,10H,5H2,(H2,16,20). The van der Waals surface area contributed by atoms with Crippen molar-refractivity contribution in [3.05, 3.63) is 30.3 Å². The smallest absolute Gasteiger partial charge is 0.258 e. The van der Waals surface area contributed by atoms with Crippen LogP contribution in [-0.2, 0) is 6.54 Å². The average Bonchev–Trinajstić information content (AvgIpc) is 2.83. The molecule has 0 aliphatic rings. The molecule has 0 atom stereocenters. The first-order valence-corrected chi connectivity index (χ1v) is 5.93. The highest BCUT2D eigenvalue weighted by Gasteiger charge is 2.13. The van der Waals surface area contributed by atoms with E-state index in [9.17, 15) is 13.2 Å². The zero-order chi connectivity index (χ0) is 15.0. The first-order valence-electron chi connectivity index (χ1n) is 5.93. The van der Waals surface area contributed by atoms with E-state index in [1.165, 1.54) is 24.5 Å². The topological polar surface area (TPSA) is 82.5 Å². The molecule has 0 aliphatic carbocycles. The fraction of sp³-hybridized carbons (Fsp3) is 0.167. The average molecular weight is 294 g/mol. The van der Waals surface area contributed by atoms with Crippen LogP contribution in [0.5, 0.6) is 0 Å². The monoisotopic (exact) mass is 294 g/mol. The van der Waals surface area contributed by atoms with E-state index in [0.717, 1.165) is 4.68 Å². The predicted molar refractivity (Wildman–Crippen MR) is 68.9 cm³/mol. The molecule has 0 aliphatic heterocycles. The molecule has 6 nitrogen and oxygen atoms in total. The zero-order valence-corrected chi connectivity index (χ0v) is 10.5. The van der Waals surface area contributed by atoms with Gasteiger partial charge in [-0.15, -0.1) is 0 Å². The van der Waals surface area contributed by atoms with Gasteiger partial charge in [0.25, 0.3) is 6.43 Å². The van der Waals surface area contributed by atoms with Gasteiger partial charge in [0.2, 0.25) is 0 Å². The number of aromatic nitrogens is 5. The molecular formula is C12H9F3N6. The summed E-state index contributed by atoms with van der Waals surface area (Å²) in [4.78, 5) is 12.1. The van der Waals surface area contributed by atoms with Gasteiger partial charge in [-0.1, -0.05) is 0 Å². The lowest BCUT2D eigenvalue weighted by Gasteiger charge is -2.03. The molecule has 108 valence electrons. The van der Waals surface area contributed by atoms with Gasteiger partial charge in [-0.25, -0.2) is 32.8 Å². The molecule has 21 heavy (non-hydrogen) atoms. The number of fused-ring (bicyclic) bond motifs is 1. The van der Waals surface area contributed by atoms with Crippen LogP contribution in [0.15, 0.2) is 24.5 Å². The number of alkyl halides is 2. The lowest BCUT2D eigenvalue weighted by molar-refractivity contribution is 0.123. The van der Waals surface area contributed by atoms with Crippen LogP contribution < -0.4 is 5.73 Å². The molecule has 0 aromatic carbocycles. The van der Waals surface area contributed by atoms with Crippen LogP contribution in [0.4, 0.5) is 19.0 Å². The highest BCUT2D eigenvalue weighted by Crippen LogP contribution is 2.19. The molecular weight excluding hydrogens is 285 g/mol. The Labute approximate surface area is 116 Å². The fourth-order valence-electron chi connectivity index (χ4n) is 1.85. The Balaban J connectivity index is 2.03. The van der Waals surface area contributed by atoms with Gasteiger partial charge in [-0.2, -0.15) is 5.10 Å². The molecule has 9 heteroatoms. The first kappa shape index (κ1) is 13.3. The quantitative estimate of drug-likeness (QED) is 0.797. The molecule has 0 unspecified atom stereocenters. The molecule has 0 spiro atoms. The summed E-state index contributed by atoms with van der Waals surface area (Å²) in [5.41, 5.74) is 6.68. The first-order chi connectivity index (χ1) is 10.0. The van der Waals surface area contributed by atoms with E-state index in [2.05, 4.69) is 20.1 Å². The number of halogens is 3. The van der Waals surface area contributed by atoms with Gasteiger partial charge >= 0.3 is 0 Å². The lowest BCUT2D eigenvalue weighted by atomic mass is 10.2. The number of rotatable bonds is 3. The second kappa shape index (κ2) is 5.00. The van der Waals surface area contributed by atoms with Crippen LogP contribution in [0.3, 0.4) is 0 Å². The summed E-state index contributed by atoms with van der Waals surface area (Å²) in [6.07, 6.45) is 0.153. The van der Waals surface area contributed by atoms with E-state index in [0.29, 0.717) is 16.9 Å². The zero-order valence-electron chi connectivity index (χ0n) is 10.5. The van der Waals surface area contributed by atoms with E-state index in [-0.39, 0.29) is 11.5 Å². The summed E-state index contributed by atoms with van der Waals surface area (Å²) in [5, 5.41) is 3.81. The van der Waals surface area contributed by atoms with Crippen molar-refractivity contribution in [3.8, 4) is 11.4 Å². The molecule has 2 N–H and O–H groups in total. The van der Waals surface area contributed by atoms with Crippen LogP contribution in [0.2, 0.25) is 0 Å². The molecule has 0 radical (unpaired) electrons. The Bertz CT molecular complexity index is 801. The Kier molecular flexibility index (Phi) is 3.16. The highest BCUT2D eigenvalue weighted by atomic mass is 19.3. The van der Waals surface area contributed by atoms with Crippen LogP contribution in [0.25, 0.3) is 22.6 Å². The third-order valence-electron chi connectivity index (χ3n) is 2.79. The molecule has 3 aromatic heterocycles. The van der Waals surface area contributed by atoms with Crippen LogP contribution in [0, 0.1) is 5.82 Å². The summed E-state index contributed by atoms with van der Waals surface area (Å²) >= 11 is 0. The van der Waals surface area contributed by atoms with Crippen molar-refractivity contribution in [2.75, 3.05) is 5.73 Å². The largest absolute Gasteiger partial charge is 0.381 e. The van der Waals surface area contributed by atoms with Crippen molar-refractivity contribution < 1.29 is 13.2 Å². The minimum absolute atomic E-state index is 0.245. The highest BCUT2D eigenvalue weighted by molar-refractivity contribution is 5.72. The van der Waals surface area contributed by atoms with E-state index in [1.807, 2.05) is 0 Å². The predicted octanol–water partition coefficient (Wildman–Crippen LogP) is 1.87. The Morgan fingerprint density at radius 3 is 2.67 bits per heavy atom. The van der Waals surface area contributed by atoms with E-state index < -0.39 is 18.8 Å². The molecule has 3 rings (SSSR count). The number of nitrogens with zero attached hydrogens (tertiary/aromatic N) is 5. The van der Waals surface area contributed by atoms with Gasteiger partial charge in [-0.3, -0.25) is 0 Å². The minimum Gasteiger partial charge on any atom is -0.381 e. The molecule has 0 bridgehead atoms. The lowest BCUT2D eigenvalue weighted by Crippen LogP contribution is -2.08. The number of hydrogen-bond donors (Lipinski definition) is 1. The minimum atomic E-state index is -2.53. The van der Waals surface area contributed by atoms with Crippen molar-refractivity contribution >= 4 is 17.0 Å². The summed E-state index contributed by atoms with van der Waals surface area (Å²) in [6.45, 7) is -0.556. The van der Waals surface area contributed by atoms with Crippen molar-refractivity contribution in [1.29, 1.82) is 0 Å². The Morgan fingerprint density at radius 2 is 1.95 bits per heavy atom. The van der Waals surface area contributed by atoms with Gasteiger partial charge < -0.3 is 5.73 Å². The maximum Gasteiger partial charge on any atom is 0.258 e. The maximum atomic E-state index is 13.1. The van der Waals surface area contributed by atoms with Crippen LogP contribution >= 0.6 is 0 Å². The maximum absolute atomic E-state index is 13.1. The van der Waals surface area contributed by atoms with Crippen molar-refractivity contribution in [1.82, 2.24) is 24.7 Å². The Hall–Kier alpha value is -2.71. The molecule has 0 saturated carbocycles. The molecule has 3 heterocycles. The third kappa shape index (κ3) is 2.49. The van der Waals surface area contributed by atoms with Gasteiger partial charge in [0.15, 0.2) is 17.3 Å². The summed E-state index contributed by atoms with van der Waals surface area (Å²) in [7, 11) is 0. The molecule has 3 aromatic rings. The number of nitrogen functional groups attached to an aromatic ring is 1. The fourth-order valence-corrected chi connectivity index (χ4v) is 1.85. The second-order valence-corrected chi connectivity index (χ2v) is 4.25. The number of nitrogens with two attached hydrogens (primary N) is 1. The van der Waals surface area contributed by atoms with Crippen molar-refractivity contribution in [3.63, 3.8) is 0 Å². The molecule has 0 fully saturated rings. The van der Waals surface area contributed by atoms with Crippen LogP contribution in [-0.4, -0.2) is 31.2 Å².